The maximum absolute atomic E-state index is 13.8. The van der Waals surface area contributed by atoms with Crippen LogP contribution in [0.2, 0.25) is 0 Å². The molecule has 0 aliphatic carbocycles. The van der Waals surface area contributed by atoms with Crippen molar-refractivity contribution in [2.45, 2.75) is 33.4 Å². The second kappa shape index (κ2) is 15.1. The van der Waals surface area contributed by atoms with Crippen molar-refractivity contribution in [1.82, 2.24) is 14.7 Å². The Balaban J connectivity index is 1.49. The third-order valence-corrected chi connectivity index (χ3v) is 6.76. The summed E-state index contributed by atoms with van der Waals surface area (Å²) in [5, 5.41) is 2.97. The number of carbonyl (C=O) groups excluding carboxylic acids is 2. The molecule has 1 fully saturated rings. The van der Waals surface area contributed by atoms with Crippen molar-refractivity contribution in [3.8, 4) is 5.75 Å². The maximum Gasteiger partial charge on any atom is 0.322 e. The Hall–Kier alpha value is -3.82. The van der Waals surface area contributed by atoms with Crippen LogP contribution in [0, 0.1) is 6.92 Å². The maximum atomic E-state index is 13.8. The average Bonchev–Trinajstić information content (AvgIpc) is 3.38. The molecule has 3 amide bonds. The van der Waals surface area contributed by atoms with E-state index < -0.39 is 0 Å². The summed E-state index contributed by atoms with van der Waals surface area (Å²) >= 11 is 0. The number of hydrogen-bond acceptors (Lipinski definition) is 6. The van der Waals surface area contributed by atoms with E-state index in [9.17, 15) is 9.59 Å². The number of nitrogens with one attached hydrogen (secondary N) is 1. The van der Waals surface area contributed by atoms with Crippen LogP contribution < -0.4 is 10.1 Å². The van der Waals surface area contributed by atoms with Crippen LogP contribution in [0.4, 0.5) is 10.5 Å². The van der Waals surface area contributed by atoms with Gasteiger partial charge in [-0.05, 0) is 50.1 Å². The van der Waals surface area contributed by atoms with E-state index in [1.807, 2.05) is 74.5 Å². The summed E-state index contributed by atoms with van der Waals surface area (Å²) in [5.41, 5.74) is 1.58. The van der Waals surface area contributed by atoms with Crippen molar-refractivity contribution in [3.63, 3.8) is 0 Å². The molecular weight excluding hydrogens is 508 g/mol. The van der Waals surface area contributed by atoms with Crippen molar-refractivity contribution in [2.75, 3.05) is 57.9 Å². The Morgan fingerprint density at radius 3 is 2.42 bits per heavy atom. The number of ether oxygens (including phenoxy) is 2. The van der Waals surface area contributed by atoms with E-state index in [0.29, 0.717) is 43.4 Å². The molecule has 0 radical (unpaired) electrons. The molecule has 2 aromatic carbocycles. The van der Waals surface area contributed by atoms with Gasteiger partial charge in [0.05, 0.1) is 32.1 Å². The Labute approximate surface area is 236 Å². The zero-order chi connectivity index (χ0) is 28.2. The Bertz CT molecular complexity index is 1210. The van der Waals surface area contributed by atoms with Gasteiger partial charge in [0.15, 0.2) is 0 Å². The first-order valence-corrected chi connectivity index (χ1v) is 14.0. The molecule has 3 aromatic rings. The fraction of sp³-hybridized carbons (Fsp3) is 0.419. The van der Waals surface area contributed by atoms with Crippen LogP contribution in [0.15, 0.2) is 71.1 Å². The van der Waals surface area contributed by atoms with Gasteiger partial charge in [0.1, 0.15) is 23.8 Å². The number of furan rings is 1. The topological polar surface area (TPSA) is 87.5 Å². The minimum atomic E-state index is -0.337. The van der Waals surface area contributed by atoms with Gasteiger partial charge < -0.3 is 29.0 Å². The molecule has 1 aliphatic heterocycles. The lowest BCUT2D eigenvalue weighted by Crippen LogP contribution is -2.45. The molecule has 0 spiro atoms. The first-order chi connectivity index (χ1) is 19.5. The van der Waals surface area contributed by atoms with Crippen molar-refractivity contribution < 1.29 is 23.5 Å². The monoisotopic (exact) mass is 548 g/mol. The number of rotatable bonds is 13. The van der Waals surface area contributed by atoms with E-state index in [4.69, 9.17) is 13.9 Å². The van der Waals surface area contributed by atoms with Gasteiger partial charge in [-0.3, -0.25) is 9.69 Å². The number of para-hydroxylation sites is 2. The van der Waals surface area contributed by atoms with Gasteiger partial charge in [-0.1, -0.05) is 42.5 Å². The van der Waals surface area contributed by atoms with Gasteiger partial charge in [0.25, 0.3) is 0 Å². The zero-order valence-electron chi connectivity index (χ0n) is 23.5. The largest absolute Gasteiger partial charge is 0.492 e. The second-order valence-electron chi connectivity index (χ2n) is 9.84. The molecule has 0 saturated carbocycles. The smallest absolute Gasteiger partial charge is 0.322 e. The zero-order valence-corrected chi connectivity index (χ0v) is 23.5. The standard InChI is InChI=1S/C31H40N4O5/c1-3-39-29-13-8-7-12-28(29)32-31(37)34(17-9-16-33-18-20-38-21-19-33)24-30(36)35(22-26-10-5-4-6-11-26)23-27-15-14-25(2)40-27/h4-8,10-15H,3,9,16-24H2,1-2H3,(H,32,37). The molecule has 4 rings (SSSR count). The fourth-order valence-electron chi connectivity index (χ4n) is 4.67. The highest BCUT2D eigenvalue weighted by atomic mass is 16.5. The molecular formula is C31H40N4O5. The van der Waals surface area contributed by atoms with E-state index in [1.165, 1.54) is 0 Å². The SMILES string of the molecule is CCOc1ccccc1NC(=O)N(CCCN1CCOCC1)CC(=O)N(Cc1ccccc1)Cc1ccc(C)o1. The van der Waals surface area contributed by atoms with E-state index in [-0.39, 0.29) is 18.5 Å². The first-order valence-electron chi connectivity index (χ1n) is 14.0. The highest BCUT2D eigenvalue weighted by molar-refractivity contribution is 5.93. The summed E-state index contributed by atoms with van der Waals surface area (Å²) in [6.07, 6.45) is 0.740. The number of benzene rings is 2. The molecule has 40 heavy (non-hydrogen) atoms. The van der Waals surface area contributed by atoms with Crippen LogP contribution >= 0.6 is 0 Å². The third kappa shape index (κ3) is 8.86. The molecule has 1 aromatic heterocycles. The molecule has 9 heteroatoms. The van der Waals surface area contributed by atoms with Crippen molar-refractivity contribution in [1.29, 1.82) is 0 Å². The number of aryl methyl sites for hydroxylation is 1. The number of carbonyl (C=O) groups is 2. The fourth-order valence-corrected chi connectivity index (χ4v) is 4.67. The van der Waals surface area contributed by atoms with E-state index in [2.05, 4.69) is 10.2 Å². The van der Waals surface area contributed by atoms with Crippen molar-refractivity contribution in [2.24, 2.45) is 0 Å². The minimum Gasteiger partial charge on any atom is -0.492 e. The summed E-state index contributed by atoms with van der Waals surface area (Å²) in [6.45, 7) is 9.39. The Morgan fingerprint density at radius 1 is 0.950 bits per heavy atom. The summed E-state index contributed by atoms with van der Waals surface area (Å²) in [4.78, 5) is 33.0. The lowest BCUT2D eigenvalue weighted by atomic mass is 10.2. The van der Waals surface area contributed by atoms with Crippen molar-refractivity contribution >= 4 is 17.6 Å². The van der Waals surface area contributed by atoms with Gasteiger partial charge in [0, 0.05) is 32.7 Å². The number of urea groups is 1. The Morgan fingerprint density at radius 2 is 1.70 bits per heavy atom. The summed E-state index contributed by atoms with van der Waals surface area (Å²) in [7, 11) is 0. The molecule has 0 bridgehead atoms. The van der Waals surface area contributed by atoms with Gasteiger partial charge in [-0.25, -0.2) is 4.79 Å². The summed E-state index contributed by atoms with van der Waals surface area (Å²) in [5.74, 6) is 1.93. The quantitative estimate of drug-likeness (QED) is 0.331. The van der Waals surface area contributed by atoms with Gasteiger partial charge in [-0.15, -0.1) is 0 Å². The number of hydrogen-bond donors (Lipinski definition) is 1. The number of nitrogens with zero attached hydrogens (tertiary/aromatic N) is 3. The van der Waals surface area contributed by atoms with E-state index in [1.54, 1.807) is 15.9 Å². The number of morpholine rings is 1. The van der Waals surface area contributed by atoms with Crippen LogP contribution in [0.5, 0.6) is 5.75 Å². The predicted molar refractivity (Wildman–Crippen MR) is 154 cm³/mol. The number of anilines is 1. The van der Waals surface area contributed by atoms with Crippen LogP contribution in [-0.4, -0.2) is 79.2 Å². The van der Waals surface area contributed by atoms with Crippen LogP contribution in [0.1, 0.15) is 30.4 Å². The first kappa shape index (κ1) is 29.2. The van der Waals surface area contributed by atoms with Crippen LogP contribution in [0.25, 0.3) is 0 Å². The second-order valence-corrected chi connectivity index (χ2v) is 9.84. The molecule has 1 saturated heterocycles. The predicted octanol–water partition coefficient (Wildman–Crippen LogP) is 4.77. The van der Waals surface area contributed by atoms with Crippen molar-refractivity contribution in [3.05, 3.63) is 83.8 Å². The minimum absolute atomic E-state index is 0.0573. The highest BCUT2D eigenvalue weighted by Crippen LogP contribution is 2.24. The molecule has 2 heterocycles. The highest BCUT2D eigenvalue weighted by Gasteiger charge is 2.24. The van der Waals surface area contributed by atoms with Crippen LogP contribution in [-0.2, 0) is 22.6 Å². The average molecular weight is 549 g/mol. The van der Waals surface area contributed by atoms with E-state index >= 15 is 0 Å². The van der Waals surface area contributed by atoms with Crippen LogP contribution in [0.3, 0.4) is 0 Å². The Kier molecular flexibility index (Phi) is 11.0. The summed E-state index contributed by atoms with van der Waals surface area (Å²) < 4.78 is 16.9. The molecule has 9 nitrogen and oxygen atoms in total. The lowest BCUT2D eigenvalue weighted by Gasteiger charge is -2.30. The van der Waals surface area contributed by atoms with E-state index in [0.717, 1.165) is 50.6 Å². The normalized spacial score (nSPS) is 13.6. The summed E-state index contributed by atoms with van der Waals surface area (Å²) in [6, 6.07) is 20.6. The molecule has 1 aliphatic rings. The van der Waals surface area contributed by atoms with Gasteiger partial charge in [-0.2, -0.15) is 0 Å². The van der Waals surface area contributed by atoms with Gasteiger partial charge >= 0.3 is 6.03 Å². The lowest BCUT2D eigenvalue weighted by molar-refractivity contribution is -0.133. The molecule has 0 unspecified atom stereocenters. The molecule has 0 atom stereocenters. The van der Waals surface area contributed by atoms with Gasteiger partial charge in [0.2, 0.25) is 5.91 Å². The molecule has 1 N–H and O–H groups in total. The number of amides is 3. The third-order valence-electron chi connectivity index (χ3n) is 6.76. The molecule has 214 valence electrons.